The van der Waals surface area contributed by atoms with Gasteiger partial charge in [0.2, 0.25) is 0 Å². The molecule has 0 radical (unpaired) electrons. The highest BCUT2D eigenvalue weighted by Gasteiger charge is 2.19. The predicted octanol–water partition coefficient (Wildman–Crippen LogP) is 2.88. The molecule has 0 saturated heterocycles. The van der Waals surface area contributed by atoms with Crippen molar-refractivity contribution in [3.8, 4) is 0 Å². The first-order valence-electron chi connectivity index (χ1n) is 3.24. The molecule has 0 atom stereocenters. The molecule has 0 aromatic heterocycles. The van der Waals surface area contributed by atoms with Gasteiger partial charge in [0.25, 0.3) is 0 Å². The second kappa shape index (κ2) is 3.52. The van der Waals surface area contributed by atoms with Gasteiger partial charge in [0, 0.05) is 5.50 Å². The van der Waals surface area contributed by atoms with Gasteiger partial charge in [-0.05, 0) is 0 Å². The molecular weight excluding hydrogens is 136 g/mol. The summed E-state index contributed by atoms with van der Waals surface area (Å²) in [5, 5.41) is 0. The summed E-state index contributed by atoms with van der Waals surface area (Å²) in [6.45, 7) is 6.86. The molecule has 0 amide bonds. The van der Waals surface area contributed by atoms with Crippen LogP contribution < -0.4 is 0 Å². The van der Waals surface area contributed by atoms with E-state index in [1.807, 2.05) is 0 Å². The summed E-state index contributed by atoms with van der Waals surface area (Å²) in [5.74, 6) is 0. The van der Waals surface area contributed by atoms with Crippen molar-refractivity contribution in [2.45, 2.75) is 32.5 Å². The van der Waals surface area contributed by atoms with Crippen LogP contribution in [0.25, 0.3) is 0 Å². The van der Waals surface area contributed by atoms with Crippen molar-refractivity contribution in [1.29, 1.82) is 0 Å². The van der Waals surface area contributed by atoms with Gasteiger partial charge in [-0.2, -0.15) is 0 Å². The van der Waals surface area contributed by atoms with Crippen molar-refractivity contribution in [3.63, 3.8) is 0 Å². The van der Waals surface area contributed by atoms with Crippen LogP contribution in [0, 0.1) is 0 Å². The summed E-state index contributed by atoms with van der Waals surface area (Å²) in [7, 11) is -0.906. The minimum absolute atomic E-state index is 0.906. The summed E-state index contributed by atoms with van der Waals surface area (Å²) in [6, 6.07) is 2.65. The van der Waals surface area contributed by atoms with Gasteiger partial charge in [-0.15, -0.1) is 11.6 Å². The molecular formula is C6H15ClSi. The van der Waals surface area contributed by atoms with Gasteiger partial charge in [0.1, 0.15) is 0 Å². The summed E-state index contributed by atoms with van der Waals surface area (Å²) >= 11 is 5.77. The molecule has 0 N–H and O–H groups in total. The van der Waals surface area contributed by atoms with E-state index in [-0.39, 0.29) is 0 Å². The zero-order valence-electron chi connectivity index (χ0n) is 6.00. The topological polar surface area (TPSA) is 0 Å². The van der Waals surface area contributed by atoms with Crippen LogP contribution in [0.5, 0.6) is 0 Å². The minimum Gasteiger partial charge on any atom is -0.130 e. The molecule has 0 aromatic rings. The standard InChI is InChI=1S/C6H15ClSi/c1-4-8(3,5-2)6-7/h4-6H2,1-3H3. The largest absolute Gasteiger partial charge is 0.130 e. The van der Waals surface area contributed by atoms with E-state index in [1.165, 1.54) is 12.1 Å². The molecule has 0 bridgehead atoms. The molecule has 50 valence electrons. The fourth-order valence-corrected chi connectivity index (χ4v) is 2.45. The van der Waals surface area contributed by atoms with Gasteiger partial charge in [-0.1, -0.05) is 32.5 Å². The number of hydrogen-bond acceptors (Lipinski definition) is 0. The van der Waals surface area contributed by atoms with E-state index in [4.69, 9.17) is 11.6 Å². The Kier molecular flexibility index (Phi) is 3.74. The molecule has 0 spiro atoms. The molecule has 0 rings (SSSR count). The van der Waals surface area contributed by atoms with E-state index in [2.05, 4.69) is 20.4 Å². The quantitative estimate of drug-likeness (QED) is 0.429. The summed E-state index contributed by atoms with van der Waals surface area (Å²) in [4.78, 5) is 0. The third-order valence-corrected chi connectivity index (χ3v) is 8.02. The lowest BCUT2D eigenvalue weighted by molar-refractivity contribution is 1.24. The molecule has 0 aliphatic carbocycles. The van der Waals surface area contributed by atoms with Crippen LogP contribution in [-0.4, -0.2) is 13.6 Å². The average Bonchev–Trinajstić information content (AvgIpc) is 1.87. The van der Waals surface area contributed by atoms with Crippen molar-refractivity contribution in [2.75, 3.05) is 5.50 Å². The fraction of sp³-hybridized carbons (Fsp3) is 1.00. The summed E-state index contributed by atoms with van der Waals surface area (Å²) in [5.41, 5.74) is 0.931. The van der Waals surface area contributed by atoms with Crippen LogP contribution >= 0.6 is 11.6 Å². The first-order valence-corrected chi connectivity index (χ1v) is 6.90. The molecule has 0 aromatic carbocycles. The Labute approximate surface area is 58.2 Å². The predicted molar refractivity (Wildman–Crippen MR) is 43.3 cm³/mol. The molecule has 0 aliphatic rings. The highest BCUT2D eigenvalue weighted by Crippen LogP contribution is 2.15. The van der Waals surface area contributed by atoms with Crippen molar-refractivity contribution in [3.05, 3.63) is 0 Å². The highest BCUT2D eigenvalue weighted by atomic mass is 35.5. The Morgan fingerprint density at radius 2 is 1.62 bits per heavy atom. The lowest BCUT2D eigenvalue weighted by Gasteiger charge is -2.19. The van der Waals surface area contributed by atoms with Crippen molar-refractivity contribution in [2.24, 2.45) is 0 Å². The van der Waals surface area contributed by atoms with E-state index >= 15 is 0 Å². The zero-order valence-corrected chi connectivity index (χ0v) is 7.76. The lowest BCUT2D eigenvalue weighted by atomic mass is 10.9. The Morgan fingerprint density at radius 3 is 1.62 bits per heavy atom. The Hall–Kier alpha value is 0.507. The Balaban J connectivity index is 3.58. The summed E-state index contributed by atoms with van der Waals surface area (Å²) in [6.07, 6.45) is 0. The third kappa shape index (κ3) is 2.18. The maximum Gasteiger partial charge on any atom is 0.0664 e. The minimum atomic E-state index is -0.906. The first-order chi connectivity index (χ1) is 3.68. The molecule has 0 aliphatic heterocycles. The summed E-state index contributed by atoms with van der Waals surface area (Å²) < 4.78 is 0. The number of alkyl halides is 1. The van der Waals surface area contributed by atoms with Crippen LogP contribution in [0.15, 0.2) is 0 Å². The van der Waals surface area contributed by atoms with Crippen LogP contribution in [0.1, 0.15) is 13.8 Å². The van der Waals surface area contributed by atoms with Crippen LogP contribution in [0.2, 0.25) is 18.6 Å². The third-order valence-electron chi connectivity index (χ3n) is 2.03. The van der Waals surface area contributed by atoms with Crippen LogP contribution in [0.4, 0.5) is 0 Å². The highest BCUT2D eigenvalue weighted by molar-refractivity contribution is 6.84. The second-order valence-electron chi connectivity index (χ2n) is 2.65. The Bertz CT molecular complexity index is 51.3. The van der Waals surface area contributed by atoms with Crippen LogP contribution in [-0.2, 0) is 0 Å². The molecule has 0 heterocycles. The van der Waals surface area contributed by atoms with E-state index in [0.29, 0.717) is 0 Å². The van der Waals surface area contributed by atoms with Gasteiger partial charge < -0.3 is 0 Å². The normalized spacial score (nSPS) is 12.0. The van der Waals surface area contributed by atoms with Gasteiger partial charge in [0.15, 0.2) is 0 Å². The van der Waals surface area contributed by atoms with Gasteiger partial charge in [-0.25, -0.2) is 0 Å². The van der Waals surface area contributed by atoms with Gasteiger partial charge >= 0.3 is 0 Å². The molecule has 0 unspecified atom stereocenters. The maximum atomic E-state index is 5.77. The lowest BCUT2D eigenvalue weighted by Crippen LogP contribution is -2.30. The van der Waals surface area contributed by atoms with Crippen molar-refractivity contribution in [1.82, 2.24) is 0 Å². The van der Waals surface area contributed by atoms with E-state index in [1.54, 1.807) is 0 Å². The monoisotopic (exact) mass is 150 g/mol. The van der Waals surface area contributed by atoms with Gasteiger partial charge in [0.05, 0.1) is 8.07 Å². The molecule has 0 nitrogen and oxygen atoms in total. The fourth-order valence-electron chi connectivity index (χ4n) is 0.439. The number of halogens is 1. The van der Waals surface area contributed by atoms with Crippen molar-refractivity contribution >= 4 is 19.7 Å². The molecule has 0 fully saturated rings. The average molecular weight is 151 g/mol. The molecule has 2 heteroatoms. The Morgan fingerprint density at radius 1 is 1.25 bits per heavy atom. The maximum absolute atomic E-state index is 5.77. The number of hydrogen-bond donors (Lipinski definition) is 0. The smallest absolute Gasteiger partial charge is 0.0664 e. The van der Waals surface area contributed by atoms with E-state index in [0.717, 1.165) is 5.50 Å². The van der Waals surface area contributed by atoms with Crippen molar-refractivity contribution < 1.29 is 0 Å². The number of rotatable bonds is 3. The van der Waals surface area contributed by atoms with E-state index < -0.39 is 8.07 Å². The molecule has 0 saturated carbocycles. The molecule has 8 heavy (non-hydrogen) atoms. The van der Waals surface area contributed by atoms with Crippen LogP contribution in [0.3, 0.4) is 0 Å². The SMILES string of the molecule is CC[Si](C)(CC)CCl. The first kappa shape index (κ1) is 8.51. The van der Waals surface area contributed by atoms with Gasteiger partial charge in [-0.3, -0.25) is 0 Å². The zero-order chi connectivity index (χ0) is 6.62. The van der Waals surface area contributed by atoms with E-state index in [9.17, 15) is 0 Å². The second-order valence-corrected chi connectivity index (χ2v) is 8.76.